The smallest absolute Gasteiger partial charge is 0.273 e. The number of hydrogen-bond donors (Lipinski definition) is 2. The average molecular weight is 203 g/mol. The van der Waals surface area contributed by atoms with E-state index in [1.807, 2.05) is 0 Å². The molecule has 0 spiro atoms. The third-order valence-electron chi connectivity index (χ3n) is 2.38. The number of nitrogens with zero attached hydrogens (tertiary/aromatic N) is 1. The van der Waals surface area contributed by atoms with Gasteiger partial charge in [-0.15, -0.1) is 0 Å². The van der Waals surface area contributed by atoms with Crippen LogP contribution >= 0.6 is 0 Å². The summed E-state index contributed by atoms with van der Waals surface area (Å²) in [6.07, 6.45) is 1.44. The van der Waals surface area contributed by atoms with E-state index >= 15 is 0 Å². The molecule has 0 aliphatic carbocycles. The van der Waals surface area contributed by atoms with E-state index in [1.165, 1.54) is 18.3 Å². The van der Waals surface area contributed by atoms with Crippen molar-refractivity contribution in [2.75, 3.05) is 0 Å². The molecule has 0 saturated heterocycles. The molecule has 3 aromatic rings. The molecule has 0 aliphatic rings. The molecule has 0 radical (unpaired) electrons. The Labute approximate surface area is 82.7 Å². The highest BCUT2D eigenvalue weighted by atomic mass is 19.1. The van der Waals surface area contributed by atoms with Crippen molar-refractivity contribution in [3.8, 4) is 0 Å². The molecule has 0 atom stereocenters. The lowest BCUT2D eigenvalue weighted by Gasteiger charge is -1.97. The van der Waals surface area contributed by atoms with Gasteiger partial charge in [-0.3, -0.25) is 20.0 Å². The molecule has 2 heterocycles. The molecule has 15 heavy (non-hydrogen) atoms. The normalized spacial score (nSPS) is 11.3. The summed E-state index contributed by atoms with van der Waals surface area (Å²) in [7, 11) is 0. The van der Waals surface area contributed by atoms with Crippen LogP contribution < -0.4 is 5.56 Å². The number of benzene rings is 1. The molecule has 1 aromatic carbocycles. The summed E-state index contributed by atoms with van der Waals surface area (Å²) in [5.74, 6) is -0.341. The van der Waals surface area contributed by atoms with Crippen molar-refractivity contribution >= 4 is 21.8 Å². The van der Waals surface area contributed by atoms with Crippen LogP contribution in [0.5, 0.6) is 0 Å². The van der Waals surface area contributed by atoms with Gasteiger partial charge in [-0.05, 0) is 12.1 Å². The van der Waals surface area contributed by atoms with Crippen molar-refractivity contribution < 1.29 is 4.39 Å². The van der Waals surface area contributed by atoms with Crippen molar-refractivity contribution in [2.24, 2.45) is 0 Å². The lowest BCUT2D eigenvalue weighted by Crippen LogP contribution is -1.97. The molecule has 2 aromatic heterocycles. The van der Waals surface area contributed by atoms with E-state index < -0.39 is 0 Å². The molecule has 0 bridgehead atoms. The zero-order valence-electron chi connectivity index (χ0n) is 7.54. The van der Waals surface area contributed by atoms with Crippen molar-refractivity contribution in [1.29, 1.82) is 0 Å². The molecule has 0 fully saturated rings. The molecule has 74 valence electrons. The zero-order chi connectivity index (χ0) is 10.4. The van der Waals surface area contributed by atoms with Crippen molar-refractivity contribution in [1.82, 2.24) is 15.2 Å². The van der Waals surface area contributed by atoms with Gasteiger partial charge in [0.15, 0.2) is 0 Å². The summed E-state index contributed by atoms with van der Waals surface area (Å²) < 4.78 is 12.9. The third-order valence-corrected chi connectivity index (χ3v) is 2.38. The first-order valence-corrected chi connectivity index (χ1v) is 4.40. The first-order chi connectivity index (χ1) is 7.25. The Hall–Kier alpha value is -2.17. The Morgan fingerprint density at radius 3 is 2.93 bits per heavy atom. The highest BCUT2D eigenvalue weighted by molar-refractivity contribution is 6.02. The summed E-state index contributed by atoms with van der Waals surface area (Å²) in [6, 6.07) is 4.28. The summed E-state index contributed by atoms with van der Waals surface area (Å²) in [5, 5.41) is 6.43. The number of H-pyrrole nitrogens is 2. The first-order valence-electron chi connectivity index (χ1n) is 4.40. The standard InChI is InChI=1S/C10H6FN3O/c11-5-1-2-6-8(3-5)12-4-7-9(6)13-14-10(7)15/h1-4H,(H2,13,14,15). The summed E-state index contributed by atoms with van der Waals surface area (Å²) >= 11 is 0. The highest BCUT2D eigenvalue weighted by Gasteiger charge is 2.06. The fourth-order valence-corrected chi connectivity index (χ4v) is 1.66. The summed E-state index contributed by atoms with van der Waals surface area (Å²) in [5.41, 5.74) is 0.964. The SMILES string of the molecule is O=c1[nH][nH]c2c1cnc1cc(F)ccc12. The fourth-order valence-electron chi connectivity index (χ4n) is 1.66. The molecule has 0 saturated carbocycles. The topological polar surface area (TPSA) is 61.5 Å². The van der Waals surface area contributed by atoms with E-state index in [9.17, 15) is 9.18 Å². The van der Waals surface area contributed by atoms with Crippen LogP contribution in [0.3, 0.4) is 0 Å². The van der Waals surface area contributed by atoms with E-state index in [2.05, 4.69) is 15.2 Å². The predicted molar refractivity (Wildman–Crippen MR) is 54.2 cm³/mol. The Balaban J connectivity index is 2.60. The average Bonchev–Trinajstić information content (AvgIpc) is 2.60. The van der Waals surface area contributed by atoms with Crippen LogP contribution in [0.4, 0.5) is 4.39 Å². The minimum atomic E-state index is -0.341. The number of hydrogen-bond acceptors (Lipinski definition) is 2. The van der Waals surface area contributed by atoms with Gasteiger partial charge in [0.05, 0.1) is 16.4 Å². The van der Waals surface area contributed by atoms with Crippen LogP contribution in [0.1, 0.15) is 0 Å². The first kappa shape index (κ1) is 8.16. The van der Waals surface area contributed by atoms with Gasteiger partial charge in [0.2, 0.25) is 0 Å². The number of halogens is 1. The van der Waals surface area contributed by atoms with Crippen LogP contribution in [0, 0.1) is 5.82 Å². The lowest BCUT2D eigenvalue weighted by molar-refractivity contribution is 0.629. The van der Waals surface area contributed by atoms with Gasteiger partial charge in [0, 0.05) is 17.6 Å². The molecule has 4 nitrogen and oxygen atoms in total. The second-order valence-corrected chi connectivity index (χ2v) is 3.29. The van der Waals surface area contributed by atoms with Gasteiger partial charge in [-0.2, -0.15) is 0 Å². The number of aromatic amines is 2. The van der Waals surface area contributed by atoms with E-state index in [0.29, 0.717) is 16.4 Å². The van der Waals surface area contributed by atoms with Gasteiger partial charge >= 0.3 is 0 Å². The van der Waals surface area contributed by atoms with Crippen LogP contribution in [-0.4, -0.2) is 15.2 Å². The van der Waals surface area contributed by atoms with E-state index in [-0.39, 0.29) is 11.4 Å². The number of nitrogens with one attached hydrogen (secondary N) is 2. The van der Waals surface area contributed by atoms with E-state index in [4.69, 9.17) is 0 Å². The van der Waals surface area contributed by atoms with E-state index in [1.54, 1.807) is 6.07 Å². The maximum Gasteiger partial charge on any atom is 0.273 e. The van der Waals surface area contributed by atoms with Crippen molar-refractivity contribution in [2.45, 2.75) is 0 Å². The molecular formula is C10H6FN3O. The molecule has 0 unspecified atom stereocenters. The number of aromatic nitrogens is 3. The minimum Gasteiger partial charge on any atom is -0.297 e. The molecule has 3 rings (SSSR count). The van der Waals surface area contributed by atoms with Gasteiger partial charge in [0.25, 0.3) is 5.56 Å². The number of rotatable bonds is 0. The molecular weight excluding hydrogens is 197 g/mol. The van der Waals surface area contributed by atoms with Gasteiger partial charge in [-0.25, -0.2) is 4.39 Å². The highest BCUT2D eigenvalue weighted by Crippen LogP contribution is 2.19. The molecule has 0 amide bonds. The van der Waals surface area contributed by atoms with Crippen LogP contribution in [0.15, 0.2) is 29.2 Å². The largest absolute Gasteiger partial charge is 0.297 e. The van der Waals surface area contributed by atoms with Crippen LogP contribution in [0.25, 0.3) is 21.8 Å². The second-order valence-electron chi connectivity index (χ2n) is 3.29. The van der Waals surface area contributed by atoms with Crippen LogP contribution in [0.2, 0.25) is 0 Å². The minimum absolute atomic E-state index is 0.219. The third kappa shape index (κ3) is 1.06. The maximum absolute atomic E-state index is 12.9. The molecule has 5 heteroatoms. The molecule has 0 aliphatic heterocycles. The second kappa shape index (κ2) is 2.66. The van der Waals surface area contributed by atoms with Gasteiger partial charge in [-0.1, -0.05) is 0 Å². The maximum atomic E-state index is 12.9. The van der Waals surface area contributed by atoms with Gasteiger partial charge in [0.1, 0.15) is 5.82 Å². The number of fused-ring (bicyclic) bond motifs is 3. The van der Waals surface area contributed by atoms with Gasteiger partial charge < -0.3 is 0 Å². The Morgan fingerprint density at radius 2 is 2.07 bits per heavy atom. The Kier molecular flexibility index (Phi) is 1.45. The summed E-state index contributed by atoms with van der Waals surface area (Å²) in [4.78, 5) is 15.3. The van der Waals surface area contributed by atoms with Crippen molar-refractivity contribution in [3.63, 3.8) is 0 Å². The quantitative estimate of drug-likeness (QED) is 0.582. The predicted octanol–water partition coefficient (Wildman–Crippen LogP) is 1.54. The monoisotopic (exact) mass is 203 g/mol. The van der Waals surface area contributed by atoms with E-state index in [0.717, 1.165) is 5.39 Å². The van der Waals surface area contributed by atoms with Crippen molar-refractivity contribution in [3.05, 3.63) is 40.6 Å². The number of pyridine rings is 1. The lowest BCUT2D eigenvalue weighted by atomic mass is 10.2. The van der Waals surface area contributed by atoms with Crippen LogP contribution in [-0.2, 0) is 0 Å². The Morgan fingerprint density at radius 1 is 1.20 bits per heavy atom. The Bertz CT molecular complexity index is 713. The fraction of sp³-hybridized carbons (Fsp3) is 0. The zero-order valence-corrected chi connectivity index (χ0v) is 7.54. The molecule has 2 N–H and O–H groups in total. The summed E-state index contributed by atoms with van der Waals surface area (Å²) in [6.45, 7) is 0.